The number of carbonyl (C=O) groups is 1. The maximum atomic E-state index is 10.5. The van der Waals surface area contributed by atoms with Gasteiger partial charge in [0.25, 0.3) is 0 Å². The highest BCUT2D eigenvalue weighted by molar-refractivity contribution is 5.66. The smallest absolute Gasteiger partial charge is 0.303 e. The lowest BCUT2D eigenvalue weighted by Crippen LogP contribution is -2.21. The highest BCUT2D eigenvalue weighted by atomic mass is 16.4. The van der Waals surface area contributed by atoms with Crippen molar-refractivity contribution in [1.29, 1.82) is 0 Å². The molecule has 1 unspecified atom stereocenters. The Morgan fingerprint density at radius 2 is 2.16 bits per heavy atom. The van der Waals surface area contributed by atoms with Gasteiger partial charge in [-0.2, -0.15) is 0 Å². The fraction of sp³-hybridized carbons (Fsp3) is 0.438. The van der Waals surface area contributed by atoms with Crippen molar-refractivity contribution in [1.82, 2.24) is 4.90 Å². The molecule has 1 saturated heterocycles. The Morgan fingerprint density at radius 3 is 2.89 bits per heavy atom. The number of likely N-dealkylation sites (tertiary alicyclic amines) is 1. The summed E-state index contributed by atoms with van der Waals surface area (Å²) >= 11 is 0. The van der Waals surface area contributed by atoms with Crippen molar-refractivity contribution in [3.8, 4) is 11.8 Å². The maximum absolute atomic E-state index is 10.5. The number of hydrogen-bond acceptors (Lipinski definition) is 2. The number of rotatable bonds is 4. The predicted molar refractivity (Wildman–Crippen MR) is 74.7 cm³/mol. The summed E-state index contributed by atoms with van der Waals surface area (Å²) in [5.41, 5.74) is 1.05. The van der Waals surface area contributed by atoms with E-state index in [2.05, 4.69) is 16.7 Å². The topological polar surface area (TPSA) is 40.5 Å². The lowest BCUT2D eigenvalue weighted by atomic mass is 10.0. The van der Waals surface area contributed by atoms with Crippen LogP contribution in [0, 0.1) is 17.8 Å². The SMILES string of the molecule is O=C(O)CCC1CCN(CC#Cc2ccccc2)C1. The zero-order valence-electron chi connectivity index (χ0n) is 11.0. The van der Waals surface area contributed by atoms with Gasteiger partial charge in [0, 0.05) is 18.5 Å². The summed E-state index contributed by atoms with van der Waals surface area (Å²) < 4.78 is 0. The van der Waals surface area contributed by atoms with Gasteiger partial charge in [0.15, 0.2) is 0 Å². The summed E-state index contributed by atoms with van der Waals surface area (Å²) in [4.78, 5) is 12.8. The van der Waals surface area contributed by atoms with Gasteiger partial charge in [-0.1, -0.05) is 30.0 Å². The van der Waals surface area contributed by atoms with Crippen molar-refractivity contribution < 1.29 is 9.90 Å². The molecule has 0 radical (unpaired) electrons. The monoisotopic (exact) mass is 257 g/mol. The Kier molecular flexibility index (Phi) is 5.00. The first-order chi connectivity index (χ1) is 9.24. The summed E-state index contributed by atoms with van der Waals surface area (Å²) in [5, 5.41) is 8.67. The van der Waals surface area contributed by atoms with Crippen LogP contribution >= 0.6 is 0 Å². The molecule has 0 spiro atoms. The number of carboxylic acids is 1. The van der Waals surface area contributed by atoms with E-state index in [-0.39, 0.29) is 6.42 Å². The van der Waals surface area contributed by atoms with E-state index in [9.17, 15) is 4.79 Å². The van der Waals surface area contributed by atoms with Crippen LogP contribution < -0.4 is 0 Å². The molecule has 2 rings (SSSR count). The molecule has 3 nitrogen and oxygen atoms in total. The van der Waals surface area contributed by atoms with Crippen molar-refractivity contribution in [2.45, 2.75) is 19.3 Å². The number of hydrogen-bond donors (Lipinski definition) is 1. The molecule has 1 aliphatic rings. The summed E-state index contributed by atoms with van der Waals surface area (Å²) in [5.74, 6) is 6.17. The molecule has 1 N–H and O–H groups in total. The van der Waals surface area contributed by atoms with Gasteiger partial charge in [0.05, 0.1) is 6.54 Å². The third-order valence-electron chi connectivity index (χ3n) is 3.45. The fourth-order valence-corrected chi connectivity index (χ4v) is 2.39. The zero-order chi connectivity index (χ0) is 13.5. The van der Waals surface area contributed by atoms with E-state index in [1.165, 1.54) is 0 Å². The van der Waals surface area contributed by atoms with Crippen LogP contribution in [0.2, 0.25) is 0 Å². The summed E-state index contributed by atoms with van der Waals surface area (Å²) in [6.45, 7) is 2.79. The standard InChI is InChI=1S/C16H19NO2/c18-16(19)9-8-15-10-12-17(13-15)11-4-7-14-5-2-1-3-6-14/h1-3,5-6,15H,8-13H2,(H,18,19). The van der Waals surface area contributed by atoms with Crippen LogP contribution in [0.5, 0.6) is 0 Å². The zero-order valence-corrected chi connectivity index (χ0v) is 11.0. The second kappa shape index (κ2) is 6.96. The van der Waals surface area contributed by atoms with Crippen molar-refractivity contribution in [3.63, 3.8) is 0 Å². The quantitative estimate of drug-likeness (QED) is 0.841. The van der Waals surface area contributed by atoms with Crippen molar-refractivity contribution in [2.75, 3.05) is 19.6 Å². The highest BCUT2D eigenvalue weighted by Gasteiger charge is 2.21. The van der Waals surface area contributed by atoms with E-state index in [4.69, 9.17) is 5.11 Å². The average Bonchev–Trinajstić information content (AvgIpc) is 2.86. The van der Waals surface area contributed by atoms with E-state index >= 15 is 0 Å². The lowest BCUT2D eigenvalue weighted by Gasteiger charge is -2.11. The third-order valence-corrected chi connectivity index (χ3v) is 3.45. The Morgan fingerprint density at radius 1 is 1.37 bits per heavy atom. The second-order valence-corrected chi connectivity index (χ2v) is 4.99. The molecule has 1 aromatic carbocycles. The molecule has 0 saturated carbocycles. The molecule has 19 heavy (non-hydrogen) atoms. The first-order valence-corrected chi connectivity index (χ1v) is 6.72. The van der Waals surface area contributed by atoms with E-state index in [1.807, 2.05) is 30.3 Å². The van der Waals surface area contributed by atoms with Gasteiger partial charge in [-0.3, -0.25) is 9.69 Å². The molecule has 0 amide bonds. The molecule has 1 aliphatic heterocycles. The third kappa shape index (κ3) is 4.76. The predicted octanol–water partition coefficient (Wildman–Crippen LogP) is 2.22. The summed E-state index contributed by atoms with van der Waals surface area (Å²) in [6, 6.07) is 9.97. The number of aliphatic carboxylic acids is 1. The van der Waals surface area contributed by atoms with E-state index in [0.29, 0.717) is 5.92 Å². The van der Waals surface area contributed by atoms with Crippen molar-refractivity contribution in [3.05, 3.63) is 35.9 Å². The van der Waals surface area contributed by atoms with Gasteiger partial charge >= 0.3 is 5.97 Å². The Labute approximate surface area is 114 Å². The number of carboxylic acid groups (broad SMARTS) is 1. The van der Waals surface area contributed by atoms with Crippen LogP contribution in [0.1, 0.15) is 24.8 Å². The minimum Gasteiger partial charge on any atom is -0.481 e. The van der Waals surface area contributed by atoms with Crippen LogP contribution in [-0.4, -0.2) is 35.6 Å². The molecular weight excluding hydrogens is 238 g/mol. The van der Waals surface area contributed by atoms with Crippen LogP contribution in [-0.2, 0) is 4.79 Å². The van der Waals surface area contributed by atoms with Gasteiger partial charge < -0.3 is 5.11 Å². The van der Waals surface area contributed by atoms with Crippen molar-refractivity contribution in [2.24, 2.45) is 5.92 Å². The minimum atomic E-state index is -0.692. The molecule has 1 atom stereocenters. The highest BCUT2D eigenvalue weighted by Crippen LogP contribution is 2.20. The Hall–Kier alpha value is -1.79. The van der Waals surface area contributed by atoms with Crippen molar-refractivity contribution >= 4 is 5.97 Å². The summed E-state index contributed by atoms with van der Waals surface area (Å²) in [7, 11) is 0. The molecule has 1 fully saturated rings. The van der Waals surface area contributed by atoms with Crippen LogP contribution in [0.25, 0.3) is 0 Å². The van der Waals surface area contributed by atoms with E-state index in [1.54, 1.807) is 0 Å². The molecule has 0 bridgehead atoms. The molecular formula is C16H19NO2. The van der Waals surface area contributed by atoms with Crippen LogP contribution in [0.4, 0.5) is 0 Å². The molecule has 0 aromatic heterocycles. The van der Waals surface area contributed by atoms with E-state index in [0.717, 1.165) is 38.0 Å². The van der Waals surface area contributed by atoms with Gasteiger partial charge in [0.1, 0.15) is 0 Å². The Bertz CT molecular complexity index is 473. The fourth-order valence-electron chi connectivity index (χ4n) is 2.39. The Balaban J connectivity index is 1.74. The molecule has 1 aromatic rings. The second-order valence-electron chi connectivity index (χ2n) is 4.99. The normalized spacial score (nSPS) is 18.8. The van der Waals surface area contributed by atoms with Gasteiger partial charge in [-0.15, -0.1) is 0 Å². The van der Waals surface area contributed by atoms with E-state index < -0.39 is 5.97 Å². The number of nitrogens with zero attached hydrogens (tertiary/aromatic N) is 1. The molecule has 0 aliphatic carbocycles. The lowest BCUT2D eigenvalue weighted by molar-refractivity contribution is -0.137. The average molecular weight is 257 g/mol. The molecule has 3 heteroatoms. The van der Waals surface area contributed by atoms with Crippen LogP contribution in [0.15, 0.2) is 30.3 Å². The van der Waals surface area contributed by atoms with Crippen LogP contribution in [0.3, 0.4) is 0 Å². The first-order valence-electron chi connectivity index (χ1n) is 6.72. The molecule has 1 heterocycles. The maximum Gasteiger partial charge on any atom is 0.303 e. The minimum absolute atomic E-state index is 0.286. The van der Waals surface area contributed by atoms with Gasteiger partial charge in [0.2, 0.25) is 0 Å². The van der Waals surface area contributed by atoms with Gasteiger partial charge in [-0.25, -0.2) is 0 Å². The summed E-state index contributed by atoms with van der Waals surface area (Å²) in [6.07, 6.45) is 2.17. The molecule has 100 valence electrons. The van der Waals surface area contributed by atoms with Gasteiger partial charge in [-0.05, 0) is 37.4 Å². The number of benzene rings is 1. The largest absolute Gasteiger partial charge is 0.481 e. The first kappa shape index (κ1) is 13.6.